The number of likely N-dealkylation sites (tertiary alicyclic amines) is 1. The third-order valence-electron chi connectivity index (χ3n) is 5.44. The Morgan fingerprint density at radius 2 is 1.64 bits per heavy atom. The SMILES string of the molecule is CC(C)(C)OC(=O)N1CCC(c2ccc(C(=O)N(N)c3cc(Cl)cc(C(N)=O)c3)cc2)CC1. The van der Waals surface area contributed by atoms with E-state index >= 15 is 0 Å². The van der Waals surface area contributed by atoms with Gasteiger partial charge in [-0.15, -0.1) is 0 Å². The van der Waals surface area contributed by atoms with E-state index in [1.54, 1.807) is 17.0 Å². The molecule has 0 radical (unpaired) electrons. The Kier molecular flexibility index (Phi) is 7.29. The summed E-state index contributed by atoms with van der Waals surface area (Å²) < 4.78 is 5.45. The molecular formula is C24H29ClN4O4. The molecule has 8 nitrogen and oxygen atoms in total. The van der Waals surface area contributed by atoms with E-state index < -0.39 is 17.4 Å². The van der Waals surface area contributed by atoms with E-state index in [4.69, 9.17) is 27.9 Å². The van der Waals surface area contributed by atoms with Crippen molar-refractivity contribution < 1.29 is 19.1 Å². The Hall–Kier alpha value is -3.10. The predicted octanol–water partition coefficient (Wildman–Crippen LogP) is 4.07. The number of rotatable bonds is 4. The van der Waals surface area contributed by atoms with Gasteiger partial charge in [0.1, 0.15) is 5.60 Å². The zero-order chi connectivity index (χ0) is 24.3. The molecule has 0 spiro atoms. The highest BCUT2D eigenvalue weighted by Gasteiger charge is 2.27. The summed E-state index contributed by atoms with van der Waals surface area (Å²) in [4.78, 5) is 38.3. The Balaban J connectivity index is 1.64. The molecule has 9 heteroatoms. The van der Waals surface area contributed by atoms with Crippen LogP contribution in [0.25, 0.3) is 0 Å². The summed E-state index contributed by atoms with van der Waals surface area (Å²) in [7, 11) is 0. The molecule has 3 amide bonds. The number of piperidine rings is 1. The molecule has 1 aliphatic heterocycles. The maximum Gasteiger partial charge on any atom is 0.410 e. The van der Waals surface area contributed by atoms with E-state index in [-0.39, 0.29) is 28.3 Å². The van der Waals surface area contributed by atoms with Gasteiger partial charge in [-0.05, 0) is 75.4 Å². The number of halogens is 1. The van der Waals surface area contributed by atoms with Gasteiger partial charge in [-0.2, -0.15) is 0 Å². The lowest BCUT2D eigenvalue weighted by molar-refractivity contribution is 0.0204. The Morgan fingerprint density at radius 1 is 1.03 bits per heavy atom. The highest BCUT2D eigenvalue weighted by atomic mass is 35.5. The van der Waals surface area contributed by atoms with Crippen molar-refractivity contribution in [2.45, 2.75) is 45.1 Å². The fourth-order valence-corrected chi connectivity index (χ4v) is 3.96. The average molecular weight is 473 g/mol. The Labute approximate surface area is 198 Å². The molecular weight excluding hydrogens is 444 g/mol. The number of hydrogen-bond acceptors (Lipinski definition) is 5. The fourth-order valence-electron chi connectivity index (χ4n) is 3.73. The van der Waals surface area contributed by atoms with E-state index in [1.807, 2.05) is 32.9 Å². The molecule has 1 fully saturated rings. The van der Waals surface area contributed by atoms with Crippen LogP contribution in [0, 0.1) is 0 Å². The van der Waals surface area contributed by atoms with Gasteiger partial charge in [-0.25, -0.2) is 15.6 Å². The number of ether oxygens (including phenoxy) is 1. The molecule has 0 unspecified atom stereocenters. The molecule has 2 aromatic rings. The molecule has 176 valence electrons. The van der Waals surface area contributed by atoms with Gasteiger partial charge in [-0.3, -0.25) is 9.59 Å². The van der Waals surface area contributed by atoms with Crippen LogP contribution in [0.15, 0.2) is 42.5 Å². The first-order valence-corrected chi connectivity index (χ1v) is 11.1. The molecule has 1 saturated heterocycles. The number of amides is 3. The number of primary amides is 1. The zero-order valence-corrected chi connectivity index (χ0v) is 19.8. The average Bonchev–Trinajstić information content (AvgIpc) is 2.76. The molecule has 2 aromatic carbocycles. The van der Waals surface area contributed by atoms with E-state index in [0.29, 0.717) is 18.7 Å². The summed E-state index contributed by atoms with van der Waals surface area (Å²) in [6.45, 7) is 6.80. The van der Waals surface area contributed by atoms with Gasteiger partial charge < -0.3 is 15.4 Å². The van der Waals surface area contributed by atoms with Crippen molar-refractivity contribution in [1.82, 2.24) is 4.90 Å². The molecule has 33 heavy (non-hydrogen) atoms. The van der Waals surface area contributed by atoms with Gasteiger partial charge in [0.05, 0.1) is 5.69 Å². The predicted molar refractivity (Wildman–Crippen MR) is 127 cm³/mol. The minimum atomic E-state index is -0.665. The number of hydrazine groups is 1. The van der Waals surface area contributed by atoms with Gasteiger partial charge in [0.25, 0.3) is 5.91 Å². The second kappa shape index (κ2) is 9.80. The first kappa shape index (κ1) is 24.5. The summed E-state index contributed by atoms with van der Waals surface area (Å²) in [5.74, 6) is 5.17. The van der Waals surface area contributed by atoms with Crippen molar-refractivity contribution in [3.8, 4) is 0 Å². The second-order valence-corrected chi connectivity index (χ2v) is 9.54. The number of benzene rings is 2. The molecule has 0 bridgehead atoms. The fraction of sp³-hybridized carbons (Fsp3) is 0.375. The van der Waals surface area contributed by atoms with Crippen LogP contribution in [0.5, 0.6) is 0 Å². The lowest BCUT2D eigenvalue weighted by Gasteiger charge is -2.33. The molecule has 3 rings (SSSR count). The minimum Gasteiger partial charge on any atom is -0.444 e. The van der Waals surface area contributed by atoms with Gasteiger partial charge in [0, 0.05) is 29.2 Å². The number of nitrogens with two attached hydrogens (primary N) is 2. The van der Waals surface area contributed by atoms with Crippen LogP contribution >= 0.6 is 11.6 Å². The minimum absolute atomic E-state index is 0.161. The van der Waals surface area contributed by atoms with Gasteiger partial charge >= 0.3 is 6.09 Å². The molecule has 0 aliphatic carbocycles. The third-order valence-corrected chi connectivity index (χ3v) is 5.66. The third kappa shape index (κ3) is 6.24. The molecule has 0 saturated carbocycles. The van der Waals surface area contributed by atoms with E-state index in [2.05, 4.69) is 0 Å². The maximum atomic E-state index is 12.8. The van der Waals surface area contributed by atoms with E-state index in [0.717, 1.165) is 23.4 Å². The smallest absolute Gasteiger partial charge is 0.410 e. The van der Waals surface area contributed by atoms with Crippen molar-refractivity contribution in [3.05, 3.63) is 64.2 Å². The molecule has 1 aliphatic rings. The highest BCUT2D eigenvalue weighted by molar-refractivity contribution is 6.31. The van der Waals surface area contributed by atoms with Crippen molar-refractivity contribution in [1.29, 1.82) is 0 Å². The van der Waals surface area contributed by atoms with Crippen LogP contribution in [-0.2, 0) is 4.74 Å². The molecule has 0 aromatic heterocycles. The largest absolute Gasteiger partial charge is 0.444 e. The first-order valence-electron chi connectivity index (χ1n) is 10.7. The summed E-state index contributed by atoms with van der Waals surface area (Å²) in [5.41, 5.74) is 6.71. The number of hydrogen-bond donors (Lipinski definition) is 2. The monoisotopic (exact) mass is 472 g/mol. The van der Waals surface area contributed by atoms with E-state index in [1.165, 1.54) is 18.2 Å². The normalized spacial score (nSPS) is 14.6. The maximum absolute atomic E-state index is 12.8. The first-order chi connectivity index (χ1) is 15.4. The van der Waals surface area contributed by atoms with Crippen molar-refractivity contribution in [3.63, 3.8) is 0 Å². The quantitative estimate of drug-likeness (QED) is 0.395. The summed E-state index contributed by atoms with van der Waals surface area (Å²) in [6.07, 6.45) is 1.34. The van der Waals surface area contributed by atoms with E-state index in [9.17, 15) is 14.4 Å². The van der Waals surface area contributed by atoms with Crippen LogP contribution in [0.4, 0.5) is 10.5 Å². The standard InChI is InChI=1S/C24H29ClN4O4/c1-24(2,3)33-23(32)28-10-8-16(9-11-28)15-4-6-17(7-5-15)22(31)29(27)20-13-18(21(26)30)12-19(25)14-20/h4-7,12-14,16H,8-11,27H2,1-3H3,(H2,26,30). The number of nitrogens with zero attached hydrogens (tertiary/aromatic N) is 2. The Morgan fingerprint density at radius 3 is 2.18 bits per heavy atom. The molecule has 4 N–H and O–H groups in total. The van der Waals surface area contributed by atoms with Crippen LogP contribution < -0.4 is 16.6 Å². The van der Waals surface area contributed by atoms with Crippen molar-refractivity contribution in [2.75, 3.05) is 18.1 Å². The summed E-state index contributed by atoms with van der Waals surface area (Å²) in [6, 6.07) is 11.6. The number of carbonyl (C=O) groups is 3. The number of carbonyl (C=O) groups excluding carboxylic acids is 3. The van der Waals surface area contributed by atoms with Crippen LogP contribution in [0.3, 0.4) is 0 Å². The summed E-state index contributed by atoms with van der Waals surface area (Å²) in [5, 5.41) is 1.18. The van der Waals surface area contributed by atoms with Crippen molar-refractivity contribution in [2.24, 2.45) is 11.6 Å². The van der Waals surface area contributed by atoms with Gasteiger partial charge in [0.15, 0.2) is 0 Å². The van der Waals surface area contributed by atoms with Gasteiger partial charge in [-0.1, -0.05) is 23.7 Å². The lowest BCUT2D eigenvalue weighted by atomic mass is 9.89. The summed E-state index contributed by atoms with van der Waals surface area (Å²) >= 11 is 6.02. The van der Waals surface area contributed by atoms with Crippen LogP contribution in [-0.4, -0.2) is 41.5 Å². The van der Waals surface area contributed by atoms with Crippen molar-refractivity contribution >= 4 is 35.2 Å². The highest BCUT2D eigenvalue weighted by Crippen LogP contribution is 2.29. The molecule has 0 atom stereocenters. The van der Waals surface area contributed by atoms with Gasteiger partial charge in [0.2, 0.25) is 5.91 Å². The topological polar surface area (TPSA) is 119 Å². The molecule has 1 heterocycles. The lowest BCUT2D eigenvalue weighted by Crippen LogP contribution is -2.41. The van der Waals surface area contributed by atoms with Crippen LogP contribution in [0.1, 0.15) is 65.8 Å². The van der Waals surface area contributed by atoms with Crippen LogP contribution in [0.2, 0.25) is 5.02 Å². The number of anilines is 1. The zero-order valence-electron chi connectivity index (χ0n) is 19.0. The Bertz CT molecular complexity index is 1040. The second-order valence-electron chi connectivity index (χ2n) is 9.10.